The number of tetrazole rings is 1. The van der Waals surface area contributed by atoms with E-state index in [4.69, 9.17) is 4.74 Å². The molecule has 1 heterocycles. The molecular formula is C14H15N5O2. The summed E-state index contributed by atoms with van der Waals surface area (Å²) in [5.41, 5.74) is 1.22. The molecule has 1 amide bonds. The highest BCUT2D eigenvalue weighted by Crippen LogP contribution is 2.27. The van der Waals surface area contributed by atoms with Crippen LogP contribution in [0.1, 0.15) is 23.2 Å². The molecule has 0 saturated carbocycles. The van der Waals surface area contributed by atoms with Gasteiger partial charge in [0.25, 0.3) is 5.91 Å². The fourth-order valence-corrected chi connectivity index (χ4v) is 2.30. The van der Waals surface area contributed by atoms with Crippen LogP contribution in [0.15, 0.2) is 30.4 Å². The van der Waals surface area contributed by atoms with Gasteiger partial charge in [0, 0.05) is 11.6 Å². The highest BCUT2D eigenvalue weighted by molar-refractivity contribution is 5.95. The largest absolute Gasteiger partial charge is 0.496 e. The van der Waals surface area contributed by atoms with Crippen LogP contribution in [0.25, 0.3) is 11.4 Å². The Balaban J connectivity index is 1.83. The summed E-state index contributed by atoms with van der Waals surface area (Å²) >= 11 is 0. The fraction of sp³-hybridized carbons (Fsp3) is 0.286. The molecule has 0 bridgehead atoms. The van der Waals surface area contributed by atoms with E-state index in [1.807, 2.05) is 6.08 Å². The number of H-pyrrole nitrogens is 1. The van der Waals surface area contributed by atoms with Gasteiger partial charge < -0.3 is 10.1 Å². The van der Waals surface area contributed by atoms with Crippen LogP contribution < -0.4 is 10.1 Å². The minimum atomic E-state index is -0.121. The van der Waals surface area contributed by atoms with Crippen molar-refractivity contribution in [2.24, 2.45) is 0 Å². The molecule has 1 aliphatic rings. The highest BCUT2D eigenvalue weighted by atomic mass is 16.5. The van der Waals surface area contributed by atoms with Crippen molar-refractivity contribution in [3.63, 3.8) is 0 Å². The topological polar surface area (TPSA) is 92.8 Å². The van der Waals surface area contributed by atoms with E-state index in [1.165, 1.54) is 0 Å². The molecule has 0 fully saturated rings. The fourth-order valence-electron chi connectivity index (χ4n) is 2.30. The van der Waals surface area contributed by atoms with Crippen LogP contribution in [0.4, 0.5) is 0 Å². The number of rotatable bonds is 4. The molecule has 1 atom stereocenters. The predicted octanol–water partition coefficient (Wildman–Crippen LogP) is 1.32. The molecule has 1 aromatic carbocycles. The molecule has 1 unspecified atom stereocenters. The standard InChI is InChI=1S/C14H15N5O2/c1-21-12-8-9(14(20)15-10-4-2-3-5-10)6-7-11(12)13-16-18-19-17-13/h2,4,6-8,10H,3,5H2,1H3,(H,15,20)(H,16,17,18,19). The van der Waals surface area contributed by atoms with Gasteiger partial charge in [0.2, 0.25) is 5.82 Å². The number of nitrogens with one attached hydrogen (secondary N) is 2. The smallest absolute Gasteiger partial charge is 0.251 e. The van der Waals surface area contributed by atoms with Gasteiger partial charge >= 0.3 is 0 Å². The first-order valence-corrected chi connectivity index (χ1v) is 6.67. The molecule has 2 N–H and O–H groups in total. The quantitative estimate of drug-likeness (QED) is 0.826. The zero-order valence-electron chi connectivity index (χ0n) is 11.5. The summed E-state index contributed by atoms with van der Waals surface area (Å²) < 4.78 is 5.31. The van der Waals surface area contributed by atoms with Crippen molar-refractivity contribution in [1.82, 2.24) is 25.9 Å². The maximum absolute atomic E-state index is 12.2. The Hall–Kier alpha value is -2.70. The third-order valence-corrected chi connectivity index (χ3v) is 3.38. The van der Waals surface area contributed by atoms with Crippen molar-refractivity contribution in [2.45, 2.75) is 18.9 Å². The van der Waals surface area contributed by atoms with Crippen LogP contribution in [0, 0.1) is 0 Å². The number of benzene rings is 1. The van der Waals surface area contributed by atoms with Gasteiger partial charge in [-0.2, -0.15) is 5.21 Å². The normalized spacial score (nSPS) is 16.9. The third kappa shape index (κ3) is 2.76. The van der Waals surface area contributed by atoms with E-state index < -0.39 is 0 Å². The zero-order chi connectivity index (χ0) is 14.7. The van der Waals surface area contributed by atoms with E-state index in [0.717, 1.165) is 12.8 Å². The summed E-state index contributed by atoms with van der Waals surface area (Å²) in [4.78, 5) is 12.2. The van der Waals surface area contributed by atoms with Crippen molar-refractivity contribution in [1.29, 1.82) is 0 Å². The molecule has 3 rings (SSSR count). The van der Waals surface area contributed by atoms with Crippen LogP contribution in [-0.2, 0) is 0 Å². The molecule has 2 aromatic rings. The van der Waals surface area contributed by atoms with Gasteiger partial charge in [-0.3, -0.25) is 4.79 Å². The van der Waals surface area contributed by atoms with Crippen LogP contribution >= 0.6 is 0 Å². The number of methoxy groups -OCH3 is 1. The van der Waals surface area contributed by atoms with Crippen LogP contribution in [-0.4, -0.2) is 39.7 Å². The maximum atomic E-state index is 12.2. The van der Waals surface area contributed by atoms with Crippen molar-refractivity contribution < 1.29 is 9.53 Å². The average molecular weight is 285 g/mol. The number of ether oxygens (including phenoxy) is 1. The second-order valence-corrected chi connectivity index (χ2v) is 4.74. The van der Waals surface area contributed by atoms with Gasteiger partial charge in [-0.1, -0.05) is 12.2 Å². The van der Waals surface area contributed by atoms with Crippen molar-refractivity contribution >= 4 is 5.91 Å². The minimum Gasteiger partial charge on any atom is -0.496 e. The Morgan fingerprint density at radius 2 is 2.38 bits per heavy atom. The van der Waals surface area contributed by atoms with Crippen LogP contribution in [0.2, 0.25) is 0 Å². The Kier molecular flexibility index (Phi) is 3.63. The second-order valence-electron chi connectivity index (χ2n) is 4.74. The molecule has 0 spiro atoms. The van der Waals surface area contributed by atoms with Crippen LogP contribution in [0.3, 0.4) is 0 Å². The van der Waals surface area contributed by atoms with Gasteiger partial charge in [0.1, 0.15) is 5.75 Å². The lowest BCUT2D eigenvalue weighted by atomic mass is 10.1. The number of hydrogen-bond acceptors (Lipinski definition) is 5. The number of hydrogen-bond donors (Lipinski definition) is 2. The highest BCUT2D eigenvalue weighted by Gasteiger charge is 2.17. The Morgan fingerprint density at radius 3 is 3.05 bits per heavy atom. The molecule has 1 aliphatic carbocycles. The Labute approximate surface area is 121 Å². The first-order chi connectivity index (χ1) is 10.3. The number of nitrogens with zero attached hydrogens (tertiary/aromatic N) is 3. The number of carbonyl (C=O) groups excluding carboxylic acids is 1. The van der Waals surface area contributed by atoms with E-state index in [2.05, 4.69) is 32.0 Å². The zero-order valence-corrected chi connectivity index (χ0v) is 11.5. The Bertz CT molecular complexity index is 666. The predicted molar refractivity (Wildman–Crippen MR) is 75.8 cm³/mol. The summed E-state index contributed by atoms with van der Waals surface area (Å²) in [6, 6.07) is 5.27. The summed E-state index contributed by atoms with van der Waals surface area (Å²) in [5.74, 6) is 0.841. The molecule has 0 aliphatic heterocycles. The lowest BCUT2D eigenvalue weighted by Gasteiger charge is -2.12. The molecule has 0 radical (unpaired) electrons. The number of carbonyl (C=O) groups is 1. The summed E-state index contributed by atoms with van der Waals surface area (Å²) in [5, 5.41) is 16.7. The number of allylic oxidation sites excluding steroid dienone is 1. The molecule has 7 nitrogen and oxygen atoms in total. The first-order valence-electron chi connectivity index (χ1n) is 6.67. The molecular weight excluding hydrogens is 270 g/mol. The number of aromatic nitrogens is 4. The van der Waals surface area contributed by atoms with E-state index in [9.17, 15) is 4.79 Å². The van der Waals surface area contributed by atoms with Gasteiger partial charge in [-0.15, -0.1) is 10.2 Å². The SMILES string of the molecule is COc1cc(C(=O)NC2C=CCC2)ccc1-c1nn[nH]n1. The summed E-state index contributed by atoms with van der Waals surface area (Å²) in [6.45, 7) is 0. The first kappa shape index (κ1) is 13.3. The van der Waals surface area contributed by atoms with Gasteiger partial charge in [0.15, 0.2) is 0 Å². The lowest BCUT2D eigenvalue weighted by Crippen LogP contribution is -2.31. The molecule has 21 heavy (non-hydrogen) atoms. The van der Waals surface area contributed by atoms with Gasteiger partial charge in [-0.05, 0) is 36.3 Å². The van der Waals surface area contributed by atoms with Gasteiger partial charge in [0.05, 0.1) is 12.7 Å². The minimum absolute atomic E-state index is 0.111. The second kappa shape index (κ2) is 5.74. The van der Waals surface area contributed by atoms with Gasteiger partial charge in [-0.25, -0.2) is 0 Å². The molecule has 0 saturated heterocycles. The number of amides is 1. The van der Waals surface area contributed by atoms with E-state index in [-0.39, 0.29) is 11.9 Å². The molecule has 108 valence electrons. The maximum Gasteiger partial charge on any atom is 0.251 e. The van der Waals surface area contributed by atoms with E-state index in [0.29, 0.717) is 22.7 Å². The van der Waals surface area contributed by atoms with Crippen molar-refractivity contribution in [2.75, 3.05) is 7.11 Å². The molecule has 7 heteroatoms. The lowest BCUT2D eigenvalue weighted by molar-refractivity contribution is 0.0944. The van der Waals surface area contributed by atoms with Crippen molar-refractivity contribution in [3.8, 4) is 17.1 Å². The van der Waals surface area contributed by atoms with Crippen molar-refractivity contribution in [3.05, 3.63) is 35.9 Å². The Morgan fingerprint density at radius 1 is 1.48 bits per heavy atom. The van der Waals surface area contributed by atoms with E-state index in [1.54, 1.807) is 25.3 Å². The van der Waals surface area contributed by atoms with E-state index >= 15 is 0 Å². The van der Waals surface area contributed by atoms with Crippen LogP contribution in [0.5, 0.6) is 5.75 Å². The number of aromatic amines is 1. The average Bonchev–Trinajstić information content (AvgIpc) is 3.19. The summed E-state index contributed by atoms with van der Waals surface area (Å²) in [7, 11) is 1.54. The monoisotopic (exact) mass is 285 g/mol. The molecule has 1 aromatic heterocycles. The summed E-state index contributed by atoms with van der Waals surface area (Å²) in [6.07, 6.45) is 6.04. The third-order valence-electron chi connectivity index (χ3n) is 3.38.